The maximum Gasteiger partial charge on any atom is 0.135 e. The fourth-order valence-corrected chi connectivity index (χ4v) is 9.92. The molecule has 1 aliphatic carbocycles. The first-order chi connectivity index (χ1) is 27.0. The summed E-state index contributed by atoms with van der Waals surface area (Å²) < 4.78 is 17.3. The molecular weight excluding hydrogens is 673 g/mol. The fraction of sp³-hybridized carbons (Fsp3) is 0.0588. The first-order valence-corrected chi connectivity index (χ1v) is 19.0. The quantitative estimate of drug-likeness (QED) is 0.180. The van der Waals surface area contributed by atoms with Gasteiger partial charge in [-0.25, -0.2) is 0 Å². The molecule has 0 radical (unpaired) electrons. The van der Waals surface area contributed by atoms with Gasteiger partial charge in [0.25, 0.3) is 0 Å². The largest absolute Gasteiger partial charge is 0.456 e. The van der Waals surface area contributed by atoms with Crippen LogP contribution in [0.2, 0.25) is 0 Å². The molecule has 55 heavy (non-hydrogen) atoms. The first-order valence-electron chi connectivity index (χ1n) is 19.0. The third-order valence-corrected chi connectivity index (χ3v) is 12.5. The highest BCUT2D eigenvalue weighted by Gasteiger charge is 2.37. The molecule has 1 aliphatic rings. The minimum absolute atomic E-state index is 0.231. The Bertz CT molecular complexity index is 3400. The summed E-state index contributed by atoms with van der Waals surface area (Å²) in [6.45, 7) is 4.78. The minimum atomic E-state index is -0.231. The van der Waals surface area contributed by atoms with Gasteiger partial charge < -0.3 is 18.0 Å². The van der Waals surface area contributed by atoms with Gasteiger partial charge in [-0.15, -0.1) is 0 Å². The lowest BCUT2D eigenvalue weighted by molar-refractivity contribution is 0.661. The van der Waals surface area contributed by atoms with E-state index in [1.165, 1.54) is 65.9 Å². The number of hydrogen-bond donors (Lipinski definition) is 0. The normalized spacial score (nSPS) is 13.8. The number of para-hydroxylation sites is 4. The van der Waals surface area contributed by atoms with Crippen molar-refractivity contribution in [3.05, 3.63) is 169 Å². The monoisotopic (exact) mass is 704 g/mol. The molecule has 0 N–H and O–H groups in total. The van der Waals surface area contributed by atoms with Crippen molar-refractivity contribution < 1.29 is 8.83 Å². The fourth-order valence-electron chi connectivity index (χ4n) is 9.92. The summed E-state index contributed by atoms with van der Waals surface area (Å²) in [7, 11) is 0. The SMILES string of the molecule is CC1(C)c2cc3c(cc2-c2cc4c5ccccc5n(-c5ccc6oc7ccccc7c6c5)c4cc21)c1ccccc1n3-c1ccc2oc3ccccc3c2c1. The Labute approximate surface area is 315 Å². The zero-order valence-electron chi connectivity index (χ0n) is 30.2. The molecule has 8 aromatic carbocycles. The summed E-state index contributed by atoms with van der Waals surface area (Å²) in [6.07, 6.45) is 0. The van der Waals surface area contributed by atoms with Crippen LogP contribution in [-0.2, 0) is 5.41 Å². The van der Waals surface area contributed by atoms with Crippen molar-refractivity contribution in [1.82, 2.24) is 9.13 Å². The third kappa shape index (κ3) is 3.76. The molecule has 0 bridgehead atoms. The Morgan fingerprint density at radius 3 is 1.22 bits per heavy atom. The van der Waals surface area contributed by atoms with Crippen LogP contribution in [0.1, 0.15) is 25.0 Å². The van der Waals surface area contributed by atoms with Crippen LogP contribution in [0.15, 0.2) is 167 Å². The van der Waals surface area contributed by atoms with E-state index in [4.69, 9.17) is 8.83 Å². The molecule has 4 nitrogen and oxygen atoms in total. The standard InChI is InChI=1S/C51H32N2O2/c1-51(2)41-27-45-37(31-11-3-7-15-43(31)52(45)29-19-21-49-39(23-29)33-13-5-9-17-47(33)54-49)25-35(41)36-26-38-32-12-4-8-16-44(32)53(46(38)28-42(36)51)30-20-22-50-40(24-30)34-14-6-10-18-48(34)55-50/h3-28H,1-2H3. The second kappa shape index (κ2) is 10.1. The number of nitrogens with zero attached hydrogens (tertiary/aromatic N) is 2. The van der Waals surface area contributed by atoms with Crippen LogP contribution in [-0.4, -0.2) is 9.13 Å². The van der Waals surface area contributed by atoms with E-state index >= 15 is 0 Å². The predicted molar refractivity (Wildman–Crippen MR) is 227 cm³/mol. The van der Waals surface area contributed by atoms with Crippen molar-refractivity contribution in [3.8, 4) is 22.5 Å². The number of fused-ring (bicyclic) bond motifs is 15. The summed E-state index contributed by atoms with van der Waals surface area (Å²) in [5.41, 5.74) is 15.8. The van der Waals surface area contributed by atoms with Crippen molar-refractivity contribution in [2.24, 2.45) is 0 Å². The average Bonchev–Trinajstić information content (AvgIpc) is 4.00. The topological polar surface area (TPSA) is 36.1 Å². The molecule has 4 heteroatoms. The highest BCUT2D eigenvalue weighted by molar-refractivity contribution is 6.15. The van der Waals surface area contributed by atoms with Crippen LogP contribution in [0.5, 0.6) is 0 Å². The van der Waals surface area contributed by atoms with Gasteiger partial charge in [0, 0.05) is 59.9 Å². The van der Waals surface area contributed by atoms with E-state index in [0.717, 1.165) is 55.3 Å². The lowest BCUT2D eigenvalue weighted by Crippen LogP contribution is -2.15. The number of furan rings is 2. The molecule has 13 rings (SSSR count). The summed E-state index contributed by atoms with van der Waals surface area (Å²) >= 11 is 0. The highest BCUT2D eigenvalue weighted by atomic mass is 16.3. The van der Waals surface area contributed by atoms with Crippen molar-refractivity contribution >= 4 is 87.5 Å². The molecule has 4 heterocycles. The Hall–Kier alpha value is -7.04. The molecule has 0 spiro atoms. The summed E-state index contributed by atoms with van der Waals surface area (Å²) in [4.78, 5) is 0. The van der Waals surface area contributed by atoms with E-state index in [1.807, 2.05) is 24.3 Å². The van der Waals surface area contributed by atoms with Crippen molar-refractivity contribution in [3.63, 3.8) is 0 Å². The van der Waals surface area contributed by atoms with Crippen LogP contribution in [0.3, 0.4) is 0 Å². The first kappa shape index (κ1) is 29.4. The molecule has 4 aromatic heterocycles. The zero-order chi connectivity index (χ0) is 36.2. The van der Waals surface area contributed by atoms with E-state index in [2.05, 4.69) is 156 Å². The molecule has 12 aromatic rings. The van der Waals surface area contributed by atoms with Gasteiger partial charge in [-0.1, -0.05) is 86.6 Å². The second-order valence-electron chi connectivity index (χ2n) is 15.7. The number of aromatic nitrogens is 2. The molecule has 0 unspecified atom stereocenters. The van der Waals surface area contributed by atoms with Crippen LogP contribution >= 0.6 is 0 Å². The lowest BCUT2D eigenvalue weighted by atomic mass is 9.82. The average molecular weight is 705 g/mol. The Balaban J connectivity index is 1.06. The van der Waals surface area contributed by atoms with E-state index < -0.39 is 0 Å². The van der Waals surface area contributed by atoms with Crippen LogP contribution < -0.4 is 0 Å². The van der Waals surface area contributed by atoms with Crippen LogP contribution in [0.4, 0.5) is 0 Å². The van der Waals surface area contributed by atoms with E-state index in [1.54, 1.807) is 0 Å². The summed E-state index contributed by atoms with van der Waals surface area (Å²) in [5, 5.41) is 9.57. The van der Waals surface area contributed by atoms with Gasteiger partial charge in [-0.2, -0.15) is 0 Å². The summed E-state index contributed by atoms with van der Waals surface area (Å²) in [6, 6.07) is 57.4. The molecule has 0 atom stereocenters. The van der Waals surface area contributed by atoms with Gasteiger partial charge in [0.2, 0.25) is 0 Å². The third-order valence-electron chi connectivity index (χ3n) is 12.5. The molecule has 258 valence electrons. The Morgan fingerprint density at radius 2 is 0.745 bits per heavy atom. The molecule has 0 aliphatic heterocycles. The van der Waals surface area contributed by atoms with E-state index in [9.17, 15) is 0 Å². The molecule has 0 fully saturated rings. The highest BCUT2D eigenvalue weighted by Crippen LogP contribution is 2.53. The van der Waals surface area contributed by atoms with Gasteiger partial charge >= 0.3 is 0 Å². The van der Waals surface area contributed by atoms with Crippen LogP contribution in [0.25, 0.3) is 110 Å². The molecule has 0 saturated carbocycles. The maximum atomic E-state index is 6.23. The second-order valence-corrected chi connectivity index (χ2v) is 15.7. The number of benzene rings is 8. The Morgan fingerprint density at radius 1 is 0.345 bits per heavy atom. The smallest absolute Gasteiger partial charge is 0.135 e. The predicted octanol–water partition coefficient (Wildman–Crippen LogP) is 14.0. The lowest BCUT2D eigenvalue weighted by Gasteiger charge is -2.22. The molecule has 0 saturated heterocycles. The Kier molecular flexibility index (Phi) is 5.42. The van der Waals surface area contributed by atoms with Gasteiger partial charge in [0.1, 0.15) is 22.3 Å². The van der Waals surface area contributed by atoms with Crippen LogP contribution in [0, 0.1) is 0 Å². The van der Waals surface area contributed by atoms with E-state index in [0.29, 0.717) is 0 Å². The summed E-state index contributed by atoms with van der Waals surface area (Å²) in [5.74, 6) is 0. The minimum Gasteiger partial charge on any atom is -0.456 e. The maximum absolute atomic E-state index is 6.23. The number of hydrogen-bond acceptors (Lipinski definition) is 2. The molecule has 0 amide bonds. The number of rotatable bonds is 2. The van der Waals surface area contributed by atoms with Gasteiger partial charge in [-0.3, -0.25) is 0 Å². The van der Waals surface area contributed by atoms with E-state index in [-0.39, 0.29) is 5.41 Å². The van der Waals surface area contributed by atoms with Crippen molar-refractivity contribution in [2.45, 2.75) is 19.3 Å². The van der Waals surface area contributed by atoms with Gasteiger partial charge in [0.15, 0.2) is 0 Å². The zero-order valence-corrected chi connectivity index (χ0v) is 30.2. The van der Waals surface area contributed by atoms with Crippen molar-refractivity contribution in [2.75, 3.05) is 0 Å². The molecular formula is C51H32N2O2. The van der Waals surface area contributed by atoms with Crippen molar-refractivity contribution in [1.29, 1.82) is 0 Å². The van der Waals surface area contributed by atoms with Gasteiger partial charge in [0.05, 0.1) is 22.1 Å². The van der Waals surface area contributed by atoms with Gasteiger partial charge in [-0.05, 0) is 107 Å².